The van der Waals surface area contributed by atoms with Crippen LogP contribution in [0.15, 0.2) is 48.5 Å². The van der Waals surface area contributed by atoms with Gasteiger partial charge in [0, 0.05) is 15.3 Å². The zero-order chi connectivity index (χ0) is 13.2. The molecule has 0 bridgehead atoms. The van der Waals surface area contributed by atoms with E-state index in [-0.39, 0.29) is 5.82 Å². The standard InChI is InChI=1S/C16H15FIN/c17-16-4-2-1-3-15(16)11-9-14(10-11)19-13-7-5-12(18)6-8-13/h1-8,11,14,19H,9-10H2. The van der Waals surface area contributed by atoms with Gasteiger partial charge in [-0.3, -0.25) is 0 Å². The van der Waals surface area contributed by atoms with Crippen LogP contribution in [0, 0.1) is 9.39 Å². The zero-order valence-corrected chi connectivity index (χ0v) is 12.6. The Morgan fingerprint density at radius 3 is 2.37 bits per heavy atom. The van der Waals surface area contributed by atoms with E-state index >= 15 is 0 Å². The molecule has 0 saturated heterocycles. The van der Waals surface area contributed by atoms with Crippen LogP contribution < -0.4 is 5.32 Å². The molecule has 0 radical (unpaired) electrons. The predicted molar refractivity (Wildman–Crippen MR) is 84.9 cm³/mol. The van der Waals surface area contributed by atoms with Gasteiger partial charge in [0.2, 0.25) is 0 Å². The summed E-state index contributed by atoms with van der Waals surface area (Å²) in [6, 6.07) is 16.0. The van der Waals surface area contributed by atoms with E-state index in [1.165, 1.54) is 3.57 Å². The quantitative estimate of drug-likeness (QED) is 0.770. The highest BCUT2D eigenvalue weighted by Gasteiger charge is 2.31. The van der Waals surface area contributed by atoms with Gasteiger partial charge in [-0.25, -0.2) is 4.39 Å². The van der Waals surface area contributed by atoms with E-state index in [1.807, 2.05) is 12.1 Å². The Morgan fingerprint density at radius 2 is 1.68 bits per heavy atom. The Kier molecular flexibility index (Phi) is 3.73. The first-order valence-corrected chi connectivity index (χ1v) is 7.57. The molecule has 1 N–H and O–H groups in total. The minimum absolute atomic E-state index is 0.0692. The van der Waals surface area contributed by atoms with Gasteiger partial charge in [-0.1, -0.05) is 18.2 Å². The fourth-order valence-corrected chi connectivity index (χ4v) is 2.94. The van der Waals surface area contributed by atoms with Gasteiger partial charge in [0.05, 0.1) is 0 Å². The van der Waals surface area contributed by atoms with Crippen molar-refractivity contribution in [2.75, 3.05) is 5.32 Å². The van der Waals surface area contributed by atoms with E-state index in [2.05, 4.69) is 52.2 Å². The molecule has 0 spiro atoms. The van der Waals surface area contributed by atoms with Crippen LogP contribution in [0.4, 0.5) is 10.1 Å². The Hall–Kier alpha value is -1.10. The van der Waals surface area contributed by atoms with Crippen molar-refractivity contribution in [1.29, 1.82) is 0 Å². The fraction of sp³-hybridized carbons (Fsp3) is 0.250. The molecule has 1 aliphatic rings. The number of nitrogens with one attached hydrogen (secondary N) is 1. The van der Waals surface area contributed by atoms with E-state index in [9.17, 15) is 4.39 Å². The van der Waals surface area contributed by atoms with Crippen LogP contribution in [-0.2, 0) is 0 Å². The van der Waals surface area contributed by atoms with Crippen LogP contribution in [0.3, 0.4) is 0 Å². The summed E-state index contributed by atoms with van der Waals surface area (Å²) in [5, 5.41) is 3.50. The molecule has 0 amide bonds. The summed E-state index contributed by atoms with van der Waals surface area (Å²) in [6.07, 6.45) is 2.01. The summed E-state index contributed by atoms with van der Waals surface area (Å²) in [4.78, 5) is 0. The smallest absolute Gasteiger partial charge is 0.126 e. The van der Waals surface area contributed by atoms with Gasteiger partial charge in [0.25, 0.3) is 0 Å². The predicted octanol–water partition coefficient (Wildman–Crippen LogP) is 4.79. The van der Waals surface area contributed by atoms with Crippen molar-refractivity contribution in [3.63, 3.8) is 0 Å². The van der Waals surface area contributed by atoms with Crippen LogP contribution in [-0.4, -0.2) is 6.04 Å². The molecular weight excluding hydrogens is 352 g/mol. The van der Waals surface area contributed by atoms with Crippen molar-refractivity contribution < 1.29 is 4.39 Å². The lowest BCUT2D eigenvalue weighted by molar-refractivity contribution is 0.363. The minimum atomic E-state index is -0.0692. The molecule has 0 aromatic heterocycles. The van der Waals surface area contributed by atoms with E-state index in [0.29, 0.717) is 12.0 Å². The van der Waals surface area contributed by atoms with Crippen LogP contribution in [0.25, 0.3) is 0 Å². The maximum absolute atomic E-state index is 13.6. The first-order chi connectivity index (χ1) is 9.22. The maximum Gasteiger partial charge on any atom is 0.126 e. The molecule has 3 heteroatoms. The third-order valence-corrected chi connectivity index (χ3v) is 4.42. The maximum atomic E-state index is 13.6. The van der Waals surface area contributed by atoms with Gasteiger partial charge in [0.15, 0.2) is 0 Å². The van der Waals surface area contributed by atoms with E-state index in [1.54, 1.807) is 12.1 Å². The second-order valence-corrected chi connectivity index (χ2v) is 6.28. The monoisotopic (exact) mass is 367 g/mol. The molecular formula is C16H15FIN. The number of hydrogen-bond donors (Lipinski definition) is 1. The summed E-state index contributed by atoms with van der Waals surface area (Å²) in [6.45, 7) is 0. The summed E-state index contributed by atoms with van der Waals surface area (Å²) in [5.41, 5.74) is 2.01. The molecule has 3 rings (SSSR count). The zero-order valence-electron chi connectivity index (χ0n) is 10.4. The van der Waals surface area contributed by atoms with Crippen molar-refractivity contribution in [3.8, 4) is 0 Å². The van der Waals surface area contributed by atoms with Crippen molar-refractivity contribution >= 4 is 28.3 Å². The number of anilines is 1. The molecule has 1 saturated carbocycles. The summed E-state index contributed by atoms with van der Waals surface area (Å²) in [7, 11) is 0. The molecule has 2 aromatic carbocycles. The van der Waals surface area contributed by atoms with Gasteiger partial charge in [-0.15, -0.1) is 0 Å². The Labute approximate surface area is 126 Å². The number of hydrogen-bond acceptors (Lipinski definition) is 1. The van der Waals surface area contributed by atoms with Crippen molar-refractivity contribution in [2.24, 2.45) is 0 Å². The second kappa shape index (κ2) is 5.49. The third-order valence-electron chi connectivity index (χ3n) is 3.70. The van der Waals surface area contributed by atoms with Gasteiger partial charge >= 0.3 is 0 Å². The van der Waals surface area contributed by atoms with E-state index < -0.39 is 0 Å². The van der Waals surface area contributed by atoms with Gasteiger partial charge in [0.1, 0.15) is 5.82 Å². The first kappa shape index (κ1) is 12.9. The molecule has 0 heterocycles. The molecule has 98 valence electrons. The van der Waals surface area contributed by atoms with E-state index in [0.717, 1.165) is 24.1 Å². The van der Waals surface area contributed by atoms with Crippen LogP contribution >= 0.6 is 22.6 Å². The highest BCUT2D eigenvalue weighted by Crippen LogP contribution is 2.39. The second-order valence-electron chi connectivity index (χ2n) is 5.04. The normalized spacial score (nSPS) is 21.8. The Balaban J connectivity index is 1.58. The fourth-order valence-electron chi connectivity index (χ4n) is 2.58. The molecule has 1 nitrogen and oxygen atoms in total. The molecule has 0 unspecified atom stereocenters. The number of rotatable bonds is 3. The average molecular weight is 367 g/mol. The lowest BCUT2D eigenvalue weighted by Gasteiger charge is -2.37. The lowest BCUT2D eigenvalue weighted by Crippen LogP contribution is -2.34. The first-order valence-electron chi connectivity index (χ1n) is 6.49. The van der Waals surface area contributed by atoms with Crippen LogP contribution in [0.5, 0.6) is 0 Å². The van der Waals surface area contributed by atoms with E-state index in [4.69, 9.17) is 0 Å². The molecule has 1 fully saturated rings. The van der Waals surface area contributed by atoms with Crippen molar-refractivity contribution in [1.82, 2.24) is 0 Å². The Bertz CT molecular complexity index is 561. The molecule has 2 aromatic rings. The largest absolute Gasteiger partial charge is 0.382 e. The van der Waals surface area contributed by atoms with Gasteiger partial charge < -0.3 is 5.32 Å². The topological polar surface area (TPSA) is 12.0 Å². The third kappa shape index (κ3) is 2.91. The van der Waals surface area contributed by atoms with Crippen molar-refractivity contribution in [3.05, 3.63) is 63.5 Å². The molecule has 19 heavy (non-hydrogen) atoms. The average Bonchev–Trinajstić information content (AvgIpc) is 2.37. The number of halogens is 2. The van der Waals surface area contributed by atoms with Gasteiger partial charge in [-0.05, 0) is 77.2 Å². The SMILES string of the molecule is Fc1ccccc1C1CC(Nc2ccc(I)cc2)C1. The minimum Gasteiger partial charge on any atom is -0.382 e. The number of benzene rings is 2. The highest BCUT2D eigenvalue weighted by molar-refractivity contribution is 14.1. The van der Waals surface area contributed by atoms with Crippen LogP contribution in [0.2, 0.25) is 0 Å². The molecule has 0 atom stereocenters. The summed E-state index contributed by atoms with van der Waals surface area (Å²) >= 11 is 2.30. The summed E-state index contributed by atoms with van der Waals surface area (Å²) < 4.78 is 14.9. The van der Waals surface area contributed by atoms with Crippen molar-refractivity contribution in [2.45, 2.75) is 24.8 Å². The van der Waals surface area contributed by atoms with Gasteiger partial charge in [-0.2, -0.15) is 0 Å². The summed E-state index contributed by atoms with van der Waals surface area (Å²) in [5.74, 6) is 0.294. The highest BCUT2D eigenvalue weighted by atomic mass is 127. The molecule has 1 aliphatic carbocycles. The molecule has 0 aliphatic heterocycles. The lowest BCUT2D eigenvalue weighted by atomic mass is 9.75. The van der Waals surface area contributed by atoms with Crippen LogP contribution in [0.1, 0.15) is 24.3 Å². The Morgan fingerprint density at radius 1 is 1.00 bits per heavy atom.